The number of allylic oxidation sites excluding steroid dienone is 4. The van der Waals surface area contributed by atoms with Crippen LogP contribution in [-0.2, 0) is 26.5 Å². The zero-order chi connectivity index (χ0) is 13.7. The molecule has 0 fully saturated rings. The fourth-order valence-corrected chi connectivity index (χ4v) is 7.25. The van der Waals surface area contributed by atoms with E-state index in [1.165, 1.54) is 12.0 Å². The number of nitrogens with zero attached hydrogens (tertiary/aromatic N) is 1. The van der Waals surface area contributed by atoms with Gasteiger partial charge in [-0.3, -0.25) is 0 Å². The largest absolute Gasteiger partial charge is 1.00 e. The summed E-state index contributed by atoms with van der Waals surface area (Å²) >= 11 is -0.664. The zero-order valence-corrected chi connectivity index (χ0v) is 18.0. The zero-order valence-electron chi connectivity index (χ0n) is 13.3. The summed E-state index contributed by atoms with van der Waals surface area (Å²) in [7, 11) is 0. The van der Waals surface area contributed by atoms with Crippen LogP contribution in [0.15, 0.2) is 51.8 Å². The van der Waals surface area contributed by atoms with Crippen LogP contribution in [0.4, 0.5) is 0 Å². The van der Waals surface area contributed by atoms with Crippen LogP contribution in [0.25, 0.3) is 0 Å². The minimum atomic E-state index is -0.664. The van der Waals surface area contributed by atoms with Crippen molar-refractivity contribution < 1.29 is 60.5 Å². The molecule has 0 aliphatic heterocycles. The van der Waals surface area contributed by atoms with E-state index in [9.17, 15) is 0 Å². The van der Waals surface area contributed by atoms with Crippen LogP contribution in [0.2, 0.25) is 0 Å². The predicted molar refractivity (Wildman–Crippen MR) is 78.6 cm³/mol. The Morgan fingerprint density at radius 3 is 2.09 bits per heavy atom. The van der Waals surface area contributed by atoms with Crippen LogP contribution in [0.1, 0.15) is 32.8 Å². The summed E-state index contributed by atoms with van der Waals surface area (Å²) in [5.74, 6) is 0. The van der Waals surface area contributed by atoms with Gasteiger partial charge in [0.15, 0.2) is 0 Å². The Kier molecular flexibility index (Phi) is 13.3. The molecule has 0 radical (unpaired) electrons. The minimum Gasteiger partial charge on any atom is -1.00 e. The van der Waals surface area contributed by atoms with Gasteiger partial charge in [0, 0.05) is 0 Å². The molecule has 0 amide bonds. The van der Waals surface area contributed by atoms with Crippen molar-refractivity contribution in [2.75, 3.05) is 13.1 Å². The third kappa shape index (κ3) is 5.80. The molecule has 1 aliphatic rings. The van der Waals surface area contributed by atoms with Gasteiger partial charge in [-0.2, -0.15) is 0 Å². The number of hydrogen-bond acceptors (Lipinski definition) is 1. The number of benzene rings is 1. The molecule has 0 saturated heterocycles. The molecule has 0 bridgehead atoms. The maximum absolute atomic E-state index is 2.65. The molecule has 121 valence electrons. The van der Waals surface area contributed by atoms with E-state index >= 15 is 0 Å². The molecule has 5 heteroatoms. The molecule has 1 nitrogen and oxygen atoms in total. The predicted octanol–water partition coefficient (Wildman–Crippen LogP) is -4.86. The molecule has 2 rings (SSSR count). The van der Waals surface area contributed by atoms with E-state index in [0.717, 1.165) is 13.1 Å². The van der Waals surface area contributed by atoms with Gasteiger partial charge < -0.3 is 37.2 Å². The van der Waals surface area contributed by atoms with E-state index < -0.39 is 23.2 Å². The summed E-state index contributed by atoms with van der Waals surface area (Å²) in [5.41, 5.74) is 1.50. The Bertz CT molecular complexity index is 472. The SMILES string of the molecule is CCN(CC)[C](C)([Zr+3][C]1=CC=CC1)c1ccccc1.[Cl-].[Cl-].[Cl-]. The standard InChI is InChI=1S/C12H18N.C5H5.3ClH.Zr/c1-4-13(5-2)11(3)12-9-7-6-8-10-12;1-2-4-5-3-1;;;;/h6-10H,4-5H2,1-3H3;1-3H,4H2;3*1H;/q;;;;;+3/p-3. The van der Waals surface area contributed by atoms with Crippen LogP contribution >= 0.6 is 0 Å². The summed E-state index contributed by atoms with van der Waals surface area (Å²) in [4.78, 5) is 2.65. The van der Waals surface area contributed by atoms with Gasteiger partial charge in [-0.05, 0) is 0 Å². The molecule has 0 saturated carbocycles. The van der Waals surface area contributed by atoms with Crippen molar-refractivity contribution in [3.63, 3.8) is 0 Å². The normalized spacial score (nSPS) is 14.8. The van der Waals surface area contributed by atoms with Gasteiger partial charge in [0.2, 0.25) is 0 Å². The molecular weight excluding hydrogens is 416 g/mol. The number of rotatable bonds is 6. The molecule has 1 aromatic carbocycles. The Morgan fingerprint density at radius 2 is 1.64 bits per heavy atom. The summed E-state index contributed by atoms with van der Waals surface area (Å²) in [6.45, 7) is 9.28. The van der Waals surface area contributed by atoms with Crippen molar-refractivity contribution in [3.8, 4) is 0 Å². The molecule has 0 aromatic heterocycles. The molecule has 1 aliphatic carbocycles. The Hall–Kier alpha value is 0.413. The minimum absolute atomic E-state index is 0. The molecular formula is C17H23Cl3NZr. The Labute approximate surface area is 165 Å². The van der Waals surface area contributed by atoms with Crippen LogP contribution in [-0.4, -0.2) is 18.0 Å². The fourth-order valence-electron chi connectivity index (χ4n) is 2.81. The average molecular weight is 439 g/mol. The molecule has 22 heavy (non-hydrogen) atoms. The second kappa shape index (κ2) is 11.9. The van der Waals surface area contributed by atoms with Crippen molar-refractivity contribution in [2.24, 2.45) is 0 Å². The van der Waals surface area contributed by atoms with Crippen LogP contribution in [0.3, 0.4) is 0 Å². The topological polar surface area (TPSA) is 3.24 Å². The summed E-state index contributed by atoms with van der Waals surface area (Å²) in [6.07, 6.45) is 8.07. The van der Waals surface area contributed by atoms with E-state index in [-0.39, 0.29) is 40.5 Å². The van der Waals surface area contributed by atoms with Crippen molar-refractivity contribution >= 4 is 0 Å². The van der Waals surface area contributed by atoms with E-state index in [4.69, 9.17) is 0 Å². The van der Waals surface area contributed by atoms with Gasteiger partial charge in [0.25, 0.3) is 0 Å². The Balaban J connectivity index is 0. The third-order valence-corrected chi connectivity index (χ3v) is 8.29. The van der Waals surface area contributed by atoms with E-state index in [0.29, 0.717) is 0 Å². The second-order valence-corrected chi connectivity index (χ2v) is 9.65. The van der Waals surface area contributed by atoms with Gasteiger partial charge in [0.1, 0.15) is 0 Å². The van der Waals surface area contributed by atoms with Crippen molar-refractivity contribution in [1.82, 2.24) is 4.90 Å². The first-order valence-electron chi connectivity index (χ1n) is 7.15. The monoisotopic (exact) mass is 436 g/mol. The van der Waals surface area contributed by atoms with Crippen LogP contribution in [0, 0.1) is 0 Å². The van der Waals surface area contributed by atoms with Crippen molar-refractivity contribution in [2.45, 2.75) is 30.4 Å². The number of halogens is 3. The van der Waals surface area contributed by atoms with E-state index in [1.54, 1.807) is 3.28 Å². The molecule has 1 atom stereocenters. The van der Waals surface area contributed by atoms with Gasteiger partial charge in [-0.25, -0.2) is 0 Å². The van der Waals surface area contributed by atoms with Gasteiger partial charge in [-0.1, -0.05) is 0 Å². The van der Waals surface area contributed by atoms with E-state index in [1.807, 2.05) is 0 Å². The summed E-state index contributed by atoms with van der Waals surface area (Å²) < 4.78 is 1.98. The van der Waals surface area contributed by atoms with Crippen molar-refractivity contribution in [1.29, 1.82) is 0 Å². The Morgan fingerprint density at radius 1 is 1.05 bits per heavy atom. The maximum Gasteiger partial charge on any atom is -1.00 e. The quantitative estimate of drug-likeness (QED) is 0.431. The van der Waals surface area contributed by atoms with Gasteiger partial charge in [-0.15, -0.1) is 0 Å². The van der Waals surface area contributed by atoms with Crippen molar-refractivity contribution in [3.05, 3.63) is 57.4 Å². The average Bonchev–Trinajstić information content (AvgIpc) is 2.94. The molecule has 0 N–H and O–H groups in total. The molecule has 0 spiro atoms. The summed E-state index contributed by atoms with van der Waals surface area (Å²) in [6, 6.07) is 11.1. The molecule has 0 heterocycles. The smallest absolute Gasteiger partial charge is 1.00 e. The second-order valence-electron chi connectivity index (χ2n) is 5.06. The summed E-state index contributed by atoms with van der Waals surface area (Å²) in [5, 5.41) is 0. The third-order valence-electron chi connectivity index (χ3n) is 3.91. The molecule has 1 aromatic rings. The fraction of sp³-hybridized carbons (Fsp3) is 0.412. The van der Waals surface area contributed by atoms with E-state index in [2.05, 4.69) is 74.2 Å². The molecule has 1 unspecified atom stereocenters. The van der Waals surface area contributed by atoms with Crippen LogP contribution in [0.5, 0.6) is 0 Å². The van der Waals surface area contributed by atoms with Gasteiger partial charge in [0.05, 0.1) is 0 Å². The number of hydrogen-bond donors (Lipinski definition) is 0. The first-order chi connectivity index (χ1) is 9.20. The van der Waals surface area contributed by atoms with Gasteiger partial charge >= 0.3 is 129 Å². The first-order valence-corrected chi connectivity index (χ1v) is 9.61. The maximum atomic E-state index is 2.65. The van der Waals surface area contributed by atoms with Crippen LogP contribution < -0.4 is 37.2 Å². The first kappa shape index (κ1) is 24.7.